The van der Waals surface area contributed by atoms with E-state index in [0.717, 1.165) is 5.56 Å². The zero-order chi connectivity index (χ0) is 12.3. The molecule has 1 atom stereocenters. The third-order valence-electron chi connectivity index (χ3n) is 2.02. The summed E-state index contributed by atoms with van der Waals surface area (Å²) in [6, 6.07) is 4.72. The van der Waals surface area contributed by atoms with Gasteiger partial charge in [-0.05, 0) is 31.5 Å². The molecule has 0 aromatic heterocycles. The highest BCUT2D eigenvalue weighted by Gasteiger charge is 2.17. The minimum Gasteiger partial charge on any atom is -0.398 e. The highest BCUT2D eigenvalue weighted by Crippen LogP contribution is 2.18. The van der Waals surface area contributed by atoms with Gasteiger partial charge in [-0.2, -0.15) is 0 Å². The number of nitrogens with one attached hydrogen (secondary N) is 1. The summed E-state index contributed by atoms with van der Waals surface area (Å²) >= 11 is 0. The molecule has 0 saturated carbocycles. The van der Waals surface area contributed by atoms with Crippen molar-refractivity contribution in [2.75, 3.05) is 12.3 Å². The van der Waals surface area contributed by atoms with Gasteiger partial charge < -0.3 is 10.8 Å². The van der Waals surface area contributed by atoms with Gasteiger partial charge in [0.25, 0.3) is 0 Å². The minimum absolute atomic E-state index is 0.0321. The van der Waals surface area contributed by atoms with E-state index in [4.69, 9.17) is 10.8 Å². The zero-order valence-corrected chi connectivity index (χ0v) is 10.1. The van der Waals surface area contributed by atoms with Gasteiger partial charge in [0.1, 0.15) is 4.90 Å². The molecule has 90 valence electrons. The smallest absolute Gasteiger partial charge is 0.242 e. The Balaban J connectivity index is 2.99. The molecule has 0 radical (unpaired) electrons. The van der Waals surface area contributed by atoms with Crippen LogP contribution in [0.4, 0.5) is 5.69 Å². The molecule has 1 aromatic rings. The topological polar surface area (TPSA) is 92.4 Å². The first kappa shape index (κ1) is 13.0. The lowest BCUT2D eigenvalue weighted by atomic mass is 10.2. The van der Waals surface area contributed by atoms with Crippen molar-refractivity contribution < 1.29 is 13.5 Å². The third-order valence-corrected chi connectivity index (χ3v) is 3.52. The molecule has 0 aliphatic heterocycles. The summed E-state index contributed by atoms with van der Waals surface area (Å²) in [6.45, 7) is 3.30. The highest BCUT2D eigenvalue weighted by atomic mass is 32.2. The van der Waals surface area contributed by atoms with Crippen LogP contribution in [0.25, 0.3) is 0 Å². The van der Waals surface area contributed by atoms with Gasteiger partial charge >= 0.3 is 0 Å². The second-order valence-corrected chi connectivity index (χ2v) is 5.48. The molecule has 0 aliphatic carbocycles. The van der Waals surface area contributed by atoms with Crippen LogP contribution >= 0.6 is 0 Å². The van der Waals surface area contributed by atoms with Crippen LogP contribution in [-0.4, -0.2) is 26.2 Å². The molecular formula is C10H16N2O3S. The van der Waals surface area contributed by atoms with Crippen molar-refractivity contribution in [3.05, 3.63) is 23.8 Å². The monoisotopic (exact) mass is 244 g/mol. The van der Waals surface area contributed by atoms with Crippen LogP contribution < -0.4 is 10.5 Å². The van der Waals surface area contributed by atoms with Gasteiger partial charge in [0.2, 0.25) is 10.0 Å². The van der Waals surface area contributed by atoms with Crippen LogP contribution in [0.1, 0.15) is 12.5 Å². The van der Waals surface area contributed by atoms with Crippen molar-refractivity contribution in [3.63, 3.8) is 0 Å². The van der Waals surface area contributed by atoms with E-state index in [1.165, 1.54) is 13.0 Å². The molecule has 0 heterocycles. The highest BCUT2D eigenvalue weighted by molar-refractivity contribution is 7.89. The Hall–Kier alpha value is -1.11. The maximum Gasteiger partial charge on any atom is 0.242 e. The van der Waals surface area contributed by atoms with E-state index in [1.54, 1.807) is 12.1 Å². The Kier molecular flexibility index (Phi) is 3.90. The molecule has 0 amide bonds. The fourth-order valence-corrected chi connectivity index (χ4v) is 2.45. The number of nitrogens with two attached hydrogens (primary N) is 1. The van der Waals surface area contributed by atoms with Gasteiger partial charge in [-0.15, -0.1) is 0 Å². The first-order valence-corrected chi connectivity index (χ1v) is 6.35. The lowest BCUT2D eigenvalue weighted by Gasteiger charge is -2.10. The summed E-state index contributed by atoms with van der Waals surface area (Å²) in [7, 11) is -3.64. The van der Waals surface area contributed by atoms with Crippen LogP contribution in [0.15, 0.2) is 23.1 Å². The number of aliphatic hydroxyl groups excluding tert-OH is 1. The summed E-state index contributed by atoms with van der Waals surface area (Å²) in [6.07, 6.45) is -0.735. The van der Waals surface area contributed by atoms with E-state index >= 15 is 0 Å². The van der Waals surface area contributed by atoms with Gasteiger partial charge in [0.15, 0.2) is 0 Å². The SMILES string of the molecule is Cc1ccc(S(=O)(=O)NC[C@@H](C)O)c(N)c1. The summed E-state index contributed by atoms with van der Waals surface area (Å²) in [5.41, 5.74) is 6.73. The third kappa shape index (κ3) is 3.19. The van der Waals surface area contributed by atoms with E-state index in [1.807, 2.05) is 6.92 Å². The molecule has 0 unspecified atom stereocenters. The lowest BCUT2D eigenvalue weighted by Crippen LogP contribution is -2.31. The van der Waals surface area contributed by atoms with E-state index < -0.39 is 16.1 Å². The predicted molar refractivity (Wildman–Crippen MR) is 62.5 cm³/mol. The predicted octanol–water partition coefficient (Wildman–Crippen LogP) is 0.236. The normalized spacial score (nSPS) is 13.7. The van der Waals surface area contributed by atoms with Crippen molar-refractivity contribution in [2.24, 2.45) is 0 Å². The zero-order valence-electron chi connectivity index (χ0n) is 9.27. The summed E-state index contributed by atoms with van der Waals surface area (Å²) in [5, 5.41) is 9.02. The number of aryl methyl sites for hydroxylation is 1. The Morgan fingerprint density at radius 1 is 1.50 bits per heavy atom. The molecule has 5 nitrogen and oxygen atoms in total. The molecule has 1 aromatic carbocycles. The molecule has 0 fully saturated rings. The van der Waals surface area contributed by atoms with Crippen molar-refractivity contribution in [3.8, 4) is 0 Å². The standard InChI is InChI=1S/C10H16N2O3S/c1-7-3-4-10(9(11)5-7)16(14,15)12-6-8(2)13/h3-5,8,12-13H,6,11H2,1-2H3/t8-/m1/s1. The number of benzene rings is 1. The van der Waals surface area contributed by atoms with E-state index in [2.05, 4.69) is 4.72 Å². The Morgan fingerprint density at radius 3 is 2.62 bits per heavy atom. The second kappa shape index (κ2) is 4.82. The number of anilines is 1. The van der Waals surface area contributed by atoms with Gasteiger partial charge in [-0.1, -0.05) is 6.07 Å². The average Bonchev–Trinajstić information content (AvgIpc) is 2.14. The van der Waals surface area contributed by atoms with Crippen molar-refractivity contribution in [1.82, 2.24) is 4.72 Å². The minimum atomic E-state index is -3.64. The van der Waals surface area contributed by atoms with Crippen LogP contribution in [0.5, 0.6) is 0 Å². The quantitative estimate of drug-likeness (QED) is 0.661. The van der Waals surface area contributed by atoms with Gasteiger partial charge in [0.05, 0.1) is 11.8 Å². The van der Waals surface area contributed by atoms with Crippen molar-refractivity contribution in [2.45, 2.75) is 24.8 Å². The molecular weight excluding hydrogens is 228 g/mol. The number of aliphatic hydroxyl groups is 1. The molecule has 1 rings (SSSR count). The van der Waals surface area contributed by atoms with Gasteiger partial charge in [-0.3, -0.25) is 0 Å². The van der Waals surface area contributed by atoms with Crippen LogP contribution in [0, 0.1) is 6.92 Å². The van der Waals surface area contributed by atoms with Crippen LogP contribution in [0.3, 0.4) is 0 Å². The maximum atomic E-state index is 11.8. The van der Waals surface area contributed by atoms with Crippen molar-refractivity contribution in [1.29, 1.82) is 0 Å². The fraction of sp³-hybridized carbons (Fsp3) is 0.400. The first-order valence-electron chi connectivity index (χ1n) is 4.87. The summed E-state index contributed by atoms with van der Waals surface area (Å²) < 4.78 is 25.8. The van der Waals surface area contributed by atoms with E-state index in [-0.39, 0.29) is 17.1 Å². The summed E-state index contributed by atoms with van der Waals surface area (Å²) in [4.78, 5) is 0.0405. The molecule has 16 heavy (non-hydrogen) atoms. The average molecular weight is 244 g/mol. The Bertz CT molecular complexity index is 469. The summed E-state index contributed by atoms with van der Waals surface area (Å²) in [5.74, 6) is 0. The maximum absolute atomic E-state index is 11.8. The largest absolute Gasteiger partial charge is 0.398 e. The molecule has 0 saturated heterocycles. The number of rotatable bonds is 4. The number of hydrogen-bond donors (Lipinski definition) is 3. The molecule has 0 bridgehead atoms. The number of nitrogen functional groups attached to an aromatic ring is 1. The van der Waals surface area contributed by atoms with E-state index in [0.29, 0.717) is 0 Å². The lowest BCUT2D eigenvalue weighted by molar-refractivity contribution is 0.198. The molecule has 0 spiro atoms. The Labute approximate surface area is 95.3 Å². The number of sulfonamides is 1. The van der Waals surface area contributed by atoms with E-state index in [9.17, 15) is 8.42 Å². The first-order chi connectivity index (χ1) is 7.33. The van der Waals surface area contributed by atoms with Gasteiger partial charge in [0, 0.05) is 6.54 Å². The molecule has 6 heteroatoms. The van der Waals surface area contributed by atoms with Crippen LogP contribution in [-0.2, 0) is 10.0 Å². The molecule has 4 N–H and O–H groups in total. The fourth-order valence-electron chi connectivity index (χ4n) is 1.22. The Morgan fingerprint density at radius 2 is 2.12 bits per heavy atom. The van der Waals surface area contributed by atoms with Crippen molar-refractivity contribution >= 4 is 15.7 Å². The van der Waals surface area contributed by atoms with Crippen LogP contribution in [0.2, 0.25) is 0 Å². The van der Waals surface area contributed by atoms with Gasteiger partial charge in [-0.25, -0.2) is 13.1 Å². The molecule has 0 aliphatic rings. The number of hydrogen-bond acceptors (Lipinski definition) is 4. The second-order valence-electron chi connectivity index (χ2n) is 3.74.